The molecule has 0 N–H and O–H groups in total. The molecule has 0 saturated heterocycles. The molecule has 1 fully saturated rings. The Morgan fingerprint density at radius 3 is 2.78 bits per heavy atom. The fourth-order valence-electron chi connectivity index (χ4n) is 1.67. The molecule has 0 aliphatic heterocycles. The van der Waals surface area contributed by atoms with Crippen LogP contribution in [0.5, 0.6) is 0 Å². The number of rotatable bonds is 2. The minimum Gasteiger partial charge on any atom is -0.0628 e. The molecule has 0 amide bonds. The van der Waals surface area contributed by atoms with E-state index in [1.165, 1.54) is 25.7 Å². The van der Waals surface area contributed by atoms with Gasteiger partial charge in [-0.3, -0.25) is 0 Å². The Kier molecular flexibility index (Phi) is 2.56. The van der Waals surface area contributed by atoms with Crippen molar-refractivity contribution in [3.63, 3.8) is 0 Å². The second-order valence-electron chi connectivity index (χ2n) is 3.56. The molecule has 0 aromatic rings. The number of hydrogen-bond acceptors (Lipinski definition) is 0. The molecule has 1 saturated carbocycles. The first-order valence-corrected chi connectivity index (χ1v) is 4.12. The molecule has 0 bridgehead atoms. The van der Waals surface area contributed by atoms with Gasteiger partial charge >= 0.3 is 0 Å². The smallest absolute Gasteiger partial charge is 0.0355 e. The van der Waals surface area contributed by atoms with Crippen LogP contribution in [0.4, 0.5) is 0 Å². The van der Waals surface area contributed by atoms with Gasteiger partial charge < -0.3 is 0 Å². The van der Waals surface area contributed by atoms with E-state index in [2.05, 4.69) is 20.3 Å². The lowest BCUT2D eigenvalue weighted by Gasteiger charge is -2.10. The Morgan fingerprint density at radius 2 is 2.33 bits per heavy atom. The van der Waals surface area contributed by atoms with Gasteiger partial charge in [-0.15, -0.1) is 0 Å². The van der Waals surface area contributed by atoms with Crippen LogP contribution in [0.25, 0.3) is 0 Å². The van der Waals surface area contributed by atoms with Crippen LogP contribution in [0.3, 0.4) is 0 Å². The van der Waals surface area contributed by atoms with Gasteiger partial charge in [0.1, 0.15) is 0 Å². The third kappa shape index (κ3) is 2.38. The summed E-state index contributed by atoms with van der Waals surface area (Å²) in [6.45, 7) is 4.62. The van der Waals surface area contributed by atoms with Gasteiger partial charge in [-0.1, -0.05) is 26.7 Å². The minimum absolute atomic E-state index is 0.893. The first-order chi connectivity index (χ1) is 4.29. The zero-order chi connectivity index (χ0) is 6.69. The summed E-state index contributed by atoms with van der Waals surface area (Å²) in [5.74, 6) is 1.86. The Morgan fingerprint density at radius 1 is 1.56 bits per heavy atom. The lowest BCUT2D eigenvalue weighted by atomic mass is 9.96. The lowest BCUT2D eigenvalue weighted by Crippen LogP contribution is -1.98. The predicted molar refractivity (Wildman–Crippen MR) is 41.1 cm³/mol. The van der Waals surface area contributed by atoms with Crippen molar-refractivity contribution in [2.24, 2.45) is 11.8 Å². The second kappa shape index (κ2) is 3.24. The van der Waals surface area contributed by atoms with Crippen LogP contribution in [-0.4, -0.2) is 0 Å². The van der Waals surface area contributed by atoms with E-state index in [1.54, 1.807) is 0 Å². The van der Waals surface area contributed by atoms with Crippen molar-refractivity contribution in [1.82, 2.24) is 0 Å². The molecule has 1 radical (unpaired) electrons. The highest BCUT2D eigenvalue weighted by Crippen LogP contribution is 2.28. The molecule has 9 heavy (non-hydrogen) atoms. The van der Waals surface area contributed by atoms with E-state index in [0.717, 1.165) is 11.8 Å². The average Bonchev–Trinajstić information content (AvgIpc) is 2.15. The van der Waals surface area contributed by atoms with E-state index < -0.39 is 0 Å². The molecule has 1 aliphatic carbocycles. The maximum absolute atomic E-state index is 2.50. The van der Waals surface area contributed by atoms with E-state index >= 15 is 0 Å². The normalized spacial score (nSPS) is 21.7. The van der Waals surface area contributed by atoms with Crippen LogP contribution in [0.15, 0.2) is 0 Å². The molecule has 0 nitrogen and oxygen atoms in total. The summed E-state index contributed by atoms with van der Waals surface area (Å²) in [6.07, 6.45) is 8.19. The van der Waals surface area contributed by atoms with Gasteiger partial charge in [0.25, 0.3) is 0 Å². The molecule has 1 unspecified atom stereocenters. The third-order valence-corrected chi connectivity index (χ3v) is 2.05. The molecule has 0 aromatic heterocycles. The van der Waals surface area contributed by atoms with Crippen molar-refractivity contribution in [1.29, 1.82) is 0 Å². The molecule has 0 heteroatoms. The molecular formula is C9H17. The van der Waals surface area contributed by atoms with E-state index in [0.29, 0.717) is 0 Å². The van der Waals surface area contributed by atoms with E-state index in [1.807, 2.05) is 0 Å². The van der Waals surface area contributed by atoms with Gasteiger partial charge in [0, 0.05) is 0 Å². The predicted octanol–water partition coefficient (Wildman–Crippen LogP) is 3.04. The van der Waals surface area contributed by atoms with Crippen LogP contribution in [-0.2, 0) is 0 Å². The monoisotopic (exact) mass is 125 g/mol. The minimum atomic E-state index is 0.893. The van der Waals surface area contributed by atoms with Gasteiger partial charge in [-0.2, -0.15) is 0 Å². The first kappa shape index (κ1) is 7.11. The molecular weight excluding hydrogens is 108 g/mol. The maximum atomic E-state index is 2.50. The zero-order valence-corrected chi connectivity index (χ0v) is 6.56. The summed E-state index contributed by atoms with van der Waals surface area (Å²) < 4.78 is 0. The molecule has 0 spiro atoms. The van der Waals surface area contributed by atoms with Crippen molar-refractivity contribution < 1.29 is 0 Å². The summed E-state index contributed by atoms with van der Waals surface area (Å²) in [6, 6.07) is 0. The highest BCUT2D eigenvalue weighted by atomic mass is 14.2. The summed E-state index contributed by atoms with van der Waals surface area (Å²) in [4.78, 5) is 0. The van der Waals surface area contributed by atoms with E-state index in [9.17, 15) is 0 Å². The Hall–Kier alpha value is 0. The Labute approximate surface area is 58.7 Å². The van der Waals surface area contributed by atoms with Gasteiger partial charge in [0.2, 0.25) is 0 Å². The van der Waals surface area contributed by atoms with Crippen LogP contribution < -0.4 is 0 Å². The largest absolute Gasteiger partial charge is 0.0628 e. The summed E-state index contributed by atoms with van der Waals surface area (Å²) in [7, 11) is 0. The van der Waals surface area contributed by atoms with Crippen molar-refractivity contribution >= 4 is 0 Å². The average molecular weight is 125 g/mol. The molecule has 0 heterocycles. The molecule has 0 aromatic carbocycles. The molecule has 1 atom stereocenters. The van der Waals surface area contributed by atoms with Gasteiger partial charge in [-0.05, 0) is 31.1 Å². The SMILES string of the molecule is CC(C)CC1[CH]CCC1. The van der Waals surface area contributed by atoms with E-state index in [-0.39, 0.29) is 0 Å². The molecule has 1 aliphatic rings. The van der Waals surface area contributed by atoms with Gasteiger partial charge in [-0.25, -0.2) is 0 Å². The van der Waals surface area contributed by atoms with Crippen molar-refractivity contribution in [2.45, 2.75) is 39.5 Å². The lowest BCUT2D eigenvalue weighted by molar-refractivity contribution is 0.462. The van der Waals surface area contributed by atoms with Gasteiger partial charge in [0.05, 0.1) is 0 Å². The standard InChI is InChI=1S/C9H17/c1-8(2)7-9-5-3-4-6-9/h5,8-9H,3-4,6-7H2,1-2H3. The Bertz CT molecular complexity index is 68.1. The highest BCUT2D eigenvalue weighted by Gasteiger charge is 2.15. The van der Waals surface area contributed by atoms with Crippen molar-refractivity contribution in [3.05, 3.63) is 6.42 Å². The Balaban J connectivity index is 2.11. The van der Waals surface area contributed by atoms with Crippen molar-refractivity contribution in [3.8, 4) is 0 Å². The summed E-state index contributed by atoms with van der Waals surface area (Å²) in [5.41, 5.74) is 0. The van der Waals surface area contributed by atoms with Crippen LogP contribution in [0.1, 0.15) is 39.5 Å². The zero-order valence-electron chi connectivity index (χ0n) is 6.56. The maximum Gasteiger partial charge on any atom is -0.0355 e. The highest BCUT2D eigenvalue weighted by molar-refractivity contribution is 4.83. The topological polar surface area (TPSA) is 0 Å². The van der Waals surface area contributed by atoms with E-state index in [4.69, 9.17) is 0 Å². The third-order valence-electron chi connectivity index (χ3n) is 2.05. The fourth-order valence-corrected chi connectivity index (χ4v) is 1.67. The fraction of sp³-hybridized carbons (Fsp3) is 0.889. The van der Waals surface area contributed by atoms with Crippen LogP contribution in [0.2, 0.25) is 0 Å². The summed E-state index contributed by atoms with van der Waals surface area (Å²) in [5, 5.41) is 0. The van der Waals surface area contributed by atoms with Crippen molar-refractivity contribution in [2.75, 3.05) is 0 Å². The quantitative estimate of drug-likeness (QED) is 0.532. The first-order valence-electron chi connectivity index (χ1n) is 4.12. The molecule has 1 rings (SSSR count). The number of hydrogen-bond donors (Lipinski definition) is 0. The molecule has 53 valence electrons. The summed E-state index contributed by atoms with van der Waals surface area (Å²) >= 11 is 0. The van der Waals surface area contributed by atoms with Gasteiger partial charge in [0.15, 0.2) is 0 Å². The van der Waals surface area contributed by atoms with Crippen LogP contribution >= 0.6 is 0 Å². The second-order valence-corrected chi connectivity index (χ2v) is 3.56. The van der Waals surface area contributed by atoms with Crippen LogP contribution in [0, 0.1) is 18.3 Å².